The maximum Gasteiger partial charge on any atom is 0.305 e. The first kappa shape index (κ1) is 17.2. The first-order valence-electron chi connectivity index (χ1n) is 7.58. The Balaban J connectivity index is 2.27. The monoisotopic (exact) mass is 322 g/mol. The standard InChI is InChI=1S/C16H22N2O5/c1-9-13(11(3)19)10(2)17-14(9)15(22)18-16(8-12(20)21)4-6-23-7-5-16/h17H,4-8H2,1-3H3,(H,18,22)(H,20,21). The molecule has 1 saturated heterocycles. The van der Waals surface area contributed by atoms with E-state index in [1.165, 1.54) is 6.92 Å². The van der Waals surface area contributed by atoms with Crippen molar-refractivity contribution in [2.24, 2.45) is 0 Å². The van der Waals surface area contributed by atoms with E-state index < -0.39 is 11.5 Å². The van der Waals surface area contributed by atoms with E-state index in [4.69, 9.17) is 9.84 Å². The molecule has 1 fully saturated rings. The van der Waals surface area contributed by atoms with Crippen molar-refractivity contribution in [3.8, 4) is 0 Å². The summed E-state index contributed by atoms with van der Waals surface area (Å²) in [5.41, 5.74) is 1.23. The number of carboxylic acids is 1. The van der Waals surface area contributed by atoms with Gasteiger partial charge in [-0.3, -0.25) is 14.4 Å². The number of carboxylic acid groups (broad SMARTS) is 1. The summed E-state index contributed by atoms with van der Waals surface area (Å²) in [6.07, 6.45) is 0.743. The molecule has 7 nitrogen and oxygen atoms in total. The van der Waals surface area contributed by atoms with Gasteiger partial charge in [-0.15, -0.1) is 0 Å². The topological polar surface area (TPSA) is 108 Å². The van der Waals surface area contributed by atoms with E-state index in [-0.39, 0.29) is 18.1 Å². The normalized spacial score (nSPS) is 16.8. The molecule has 0 saturated carbocycles. The fourth-order valence-corrected chi connectivity index (χ4v) is 3.21. The molecule has 1 aromatic rings. The minimum absolute atomic E-state index is 0.110. The summed E-state index contributed by atoms with van der Waals surface area (Å²) in [6.45, 7) is 5.73. The number of aliphatic carboxylic acids is 1. The van der Waals surface area contributed by atoms with Crippen LogP contribution in [0.25, 0.3) is 0 Å². The van der Waals surface area contributed by atoms with Gasteiger partial charge in [0.2, 0.25) is 0 Å². The van der Waals surface area contributed by atoms with Gasteiger partial charge in [-0.2, -0.15) is 0 Å². The van der Waals surface area contributed by atoms with E-state index in [2.05, 4.69) is 10.3 Å². The molecule has 1 aromatic heterocycles. The van der Waals surface area contributed by atoms with Crippen molar-refractivity contribution in [3.05, 3.63) is 22.5 Å². The minimum atomic E-state index is -0.962. The van der Waals surface area contributed by atoms with Gasteiger partial charge in [0.15, 0.2) is 5.78 Å². The molecule has 1 aliphatic rings. The highest BCUT2D eigenvalue weighted by Crippen LogP contribution is 2.26. The predicted molar refractivity (Wildman–Crippen MR) is 82.8 cm³/mol. The van der Waals surface area contributed by atoms with Crippen LogP contribution in [0.15, 0.2) is 0 Å². The summed E-state index contributed by atoms with van der Waals surface area (Å²) in [6, 6.07) is 0. The zero-order valence-electron chi connectivity index (χ0n) is 13.6. The van der Waals surface area contributed by atoms with Crippen LogP contribution in [0.1, 0.15) is 58.3 Å². The largest absolute Gasteiger partial charge is 0.481 e. The van der Waals surface area contributed by atoms with Crippen LogP contribution in [0.3, 0.4) is 0 Å². The average Bonchev–Trinajstić information content (AvgIpc) is 2.73. The third kappa shape index (κ3) is 3.61. The van der Waals surface area contributed by atoms with Gasteiger partial charge in [0.25, 0.3) is 5.91 Å². The van der Waals surface area contributed by atoms with Gasteiger partial charge >= 0.3 is 5.97 Å². The van der Waals surface area contributed by atoms with Gasteiger partial charge in [-0.1, -0.05) is 0 Å². The van der Waals surface area contributed by atoms with Crippen LogP contribution < -0.4 is 5.32 Å². The van der Waals surface area contributed by atoms with Crippen LogP contribution in [0.4, 0.5) is 0 Å². The van der Waals surface area contributed by atoms with Crippen LogP contribution in [-0.4, -0.2) is 46.5 Å². The maximum absolute atomic E-state index is 12.6. The molecule has 3 N–H and O–H groups in total. The van der Waals surface area contributed by atoms with Crippen LogP contribution >= 0.6 is 0 Å². The number of hydrogen-bond acceptors (Lipinski definition) is 4. The molecule has 0 atom stereocenters. The van der Waals surface area contributed by atoms with E-state index in [1.54, 1.807) is 13.8 Å². The molecule has 2 heterocycles. The summed E-state index contributed by atoms with van der Waals surface area (Å²) in [4.78, 5) is 38.4. The molecule has 0 unspecified atom stereocenters. The van der Waals surface area contributed by atoms with Crippen LogP contribution in [0.5, 0.6) is 0 Å². The number of amides is 1. The smallest absolute Gasteiger partial charge is 0.305 e. The average molecular weight is 322 g/mol. The summed E-state index contributed by atoms with van der Waals surface area (Å²) < 4.78 is 5.28. The zero-order chi connectivity index (χ0) is 17.2. The van der Waals surface area contributed by atoms with Crippen molar-refractivity contribution in [3.63, 3.8) is 0 Å². The molecule has 0 bridgehead atoms. The Bertz CT molecular complexity index is 641. The van der Waals surface area contributed by atoms with Crippen molar-refractivity contribution in [2.75, 3.05) is 13.2 Å². The molecular formula is C16H22N2O5. The molecule has 7 heteroatoms. The van der Waals surface area contributed by atoms with E-state index in [9.17, 15) is 14.4 Å². The second-order valence-corrected chi connectivity index (χ2v) is 6.10. The Morgan fingerprint density at radius 1 is 1.26 bits per heavy atom. The number of aryl methyl sites for hydroxylation is 1. The van der Waals surface area contributed by atoms with Crippen LogP contribution in [0.2, 0.25) is 0 Å². The molecule has 0 aliphatic carbocycles. The zero-order valence-corrected chi connectivity index (χ0v) is 13.6. The number of hydrogen-bond donors (Lipinski definition) is 3. The Morgan fingerprint density at radius 3 is 2.35 bits per heavy atom. The highest BCUT2D eigenvalue weighted by atomic mass is 16.5. The van der Waals surface area contributed by atoms with Gasteiger partial charge in [0, 0.05) is 24.5 Å². The van der Waals surface area contributed by atoms with Crippen LogP contribution in [-0.2, 0) is 9.53 Å². The van der Waals surface area contributed by atoms with Gasteiger partial charge in [-0.05, 0) is 39.2 Å². The lowest BCUT2D eigenvalue weighted by atomic mass is 9.86. The number of ketones is 1. The van der Waals surface area contributed by atoms with E-state index in [0.29, 0.717) is 48.6 Å². The maximum atomic E-state index is 12.6. The van der Waals surface area contributed by atoms with Crippen molar-refractivity contribution in [1.82, 2.24) is 10.3 Å². The van der Waals surface area contributed by atoms with E-state index in [1.807, 2.05) is 0 Å². The number of H-pyrrole nitrogens is 1. The lowest BCUT2D eigenvalue weighted by Crippen LogP contribution is -2.53. The molecule has 126 valence electrons. The number of rotatable bonds is 5. The van der Waals surface area contributed by atoms with E-state index >= 15 is 0 Å². The van der Waals surface area contributed by atoms with Crippen LogP contribution in [0, 0.1) is 13.8 Å². The molecular weight excluding hydrogens is 300 g/mol. The lowest BCUT2D eigenvalue weighted by molar-refractivity contribution is -0.139. The minimum Gasteiger partial charge on any atom is -0.481 e. The Labute approximate surface area is 134 Å². The molecule has 1 aliphatic heterocycles. The number of carbonyl (C=O) groups is 3. The first-order valence-corrected chi connectivity index (χ1v) is 7.58. The molecule has 23 heavy (non-hydrogen) atoms. The summed E-state index contributed by atoms with van der Waals surface area (Å²) in [5.74, 6) is -1.46. The number of Topliss-reactive ketones (excluding diaryl/α,β-unsaturated/α-hetero) is 1. The fourth-order valence-electron chi connectivity index (χ4n) is 3.21. The number of ether oxygens (including phenoxy) is 1. The number of nitrogens with one attached hydrogen (secondary N) is 2. The van der Waals surface area contributed by atoms with E-state index in [0.717, 1.165) is 0 Å². The number of aromatic amines is 1. The SMILES string of the molecule is CC(=O)c1c(C)[nH]c(C(=O)NC2(CC(=O)O)CCOCC2)c1C. The highest BCUT2D eigenvalue weighted by Gasteiger charge is 2.37. The molecule has 0 spiro atoms. The summed E-state index contributed by atoms with van der Waals surface area (Å²) in [7, 11) is 0. The lowest BCUT2D eigenvalue weighted by Gasteiger charge is -2.36. The van der Waals surface area contributed by atoms with Crippen molar-refractivity contribution in [1.29, 1.82) is 0 Å². The van der Waals surface area contributed by atoms with Gasteiger partial charge in [-0.25, -0.2) is 0 Å². The van der Waals surface area contributed by atoms with Gasteiger partial charge in [0.1, 0.15) is 5.69 Å². The fraction of sp³-hybridized carbons (Fsp3) is 0.562. The summed E-state index contributed by atoms with van der Waals surface area (Å²) in [5, 5.41) is 12.0. The predicted octanol–water partition coefficient (Wildman–Crippen LogP) is 1.59. The quantitative estimate of drug-likeness (QED) is 0.713. The second-order valence-electron chi connectivity index (χ2n) is 6.10. The third-order valence-electron chi connectivity index (χ3n) is 4.33. The number of carbonyl (C=O) groups excluding carboxylic acids is 2. The second kappa shape index (κ2) is 6.54. The van der Waals surface area contributed by atoms with Gasteiger partial charge < -0.3 is 20.1 Å². The van der Waals surface area contributed by atoms with Crippen molar-refractivity contribution in [2.45, 2.75) is 45.6 Å². The molecule has 0 radical (unpaired) electrons. The summed E-state index contributed by atoms with van der Waals surface area (Å²) >= 11 is 0. The molecule has 2 rings (SSSR count). The van der Waals surface area contributed by atoms with Gasteiger partial charge in [0.05, 0.1) is 12.0 Å². The Hall–Kier alpha value is -2.15. The molecule has 1 amide bonds. The third-order valence-corrected chi connectivity index (χ3v) is 4.33. The Kier molecular flexibility index (Phi) is 4.89. The number of aromatic nitrogens is 1. The van der Waals surface area contributed by atoms with Crippen molar-refractivity contribution < 1.29 is 24.2 Å². The highest BCUT2D eigenvalue weighted by molar-refractivity contribution is 6.02. The van der Waals surface area contributed by atoms with Crippen molar-refractivity contribution >= 4 is 17.7 Å². The first-order chi connectivity index (χ1) is 10.8. The Morgan fingerprint density at radius 2 is 1.87 bits per heavy atom. The molecule has 0 aromatic carbocycles.